The number of piperidine rings is 1. The van der Waals surface area contributed by atoms with E-state index >= 15 is 0 Å². The van der Waals surface area contributed by atoms with Crippen LogP contribution in [0.1, 0.15) is 30.3 Å². The maximum atomic E-state index is 5.79. The molecule has 1 unspecified atom stereocenters. The monoisotopic (exact) mass is 268 g/mol. The van der Waals surface area contributed by atoms with Crippen LogP contribution in [-0.2, 0) is 13.0 Å². The molecule has 102 valence electrons. The van der Waals surface area contributed by atoms with E-state index in [-0.39, 0.29) is 0 Å². The number of anilines is 1. The number of hydrogen-bond acceptors (Lipinski definition) is 5. The van der Waals surface area contributed by atoms with Gasteiger partial charge in [-0.1, -0.05) is 6.92 Å². The molecule has 1 atom stereocenters. The molecule has 2 rings (SSSR count). The number of hydrogen-bond donors (Lipinski definition) is 1. The first-order valence-electron chi connectivity index (χ1n) is 6.75. The summed E-state index contributed by atoms with van der Waals surface area (Å²) in [5, 5.41) is 1.17. The Kier molecular flexibility index (Phi) is 4.59. The number of likely N-dealkylation sites (N-methyl/N-ethyl adjacent to an activating group) is 1. The summed E-state index contributed by atoms with van der Waals surface area (Å²) in [6.07, 6.45) is 3.52. The Balaban J connectivity index is 2.13. The molecular weight excluding hydrogens is 244 g/mol. The highest BCUT2D eigenvalue weighted by Gasteiger charge is 2.24. The average molecular weight is 268 g/mol. The summed E-state index contributed by atoms with van der Waals surface area (Å²) >= 11 is 1.78. The molecule has 4 nitrogen and oxygen atoms in total. The molecular formula is C13H24N4S. The van der Waals surface area contributed by atoms with Gasteiger partial charge in [0.2, 0.25) is 0 Å². The second-order valence-electron chi connectivity index (χ2n) is 5.13. The number of aryl methyl sites for hydroxylation is 1. The second-order valence-corrected chi connectivity index (χ2v) is 6.19. The van der Waals surface area contributed by atoms with Crippen molar-refractivity contribution in [1.29, 1.82) is 0 Å². The van der Waals surface area contributed by atoms with Crippen LogP contribution < -0.4 is 10.6 Å². The molecule has 1 aromatic heterocycles. The molecule has 1 aromatic rings. The van der Waals surface area contributed by atoms with Gasteiger partial charge in [0.05, 0.1) is 5.69 Å². The minimum Gasteiger partial charge on any atom is -0.347 e. The third kappa shape index (κ3) is 2.84. The number of aromatic nitrogens is 1. The fourth-order valence-electron chi connectivity index (χ4n) is 2.49. The summed E-state index contributed by atoms with van der Waals surface area (Å²) in [6.45, 7) is 4.99. The van der Waals surface area contributed by atoms with Crippen molar-refractivity contribution in [3.8, 4) is 0 Å². The van der Waals surface area contributed by atoms with E-state index in [9.17, 15) is 0 Å². The average Bonchev–Trinajstić information content (AvgIpc) is 2.82. The van der Waals surface area contributed by atoms with Crippen LogP contribution in [0, 0.1) is 0 Å². The fourth-order valence-corrected chi connectivity index (χ4v) is 3.55. The molecule has 18 heavy (non-hydrogen) atoms. The molecule has 1 saturated heterocycles. The number of nitrogens with zero attached hydrogens (tertiary/aromatic N) is 3. The predicted octanol–water partition coefficient (Wildman–Crippen LogP) is 1.69. The van der Waals surface area contributed by atoms with Gasteiger partial charge in [-0.05, 0) is 33.4 Å². The predicted molar refractivity (Wildman–Crippen MR) is 78.3 cm³/mol. The summed E-state index contributed by atoms with van der Waals surface area (Å²) in [5.41, 5.74) is 6.97. The van der Waals surface area contributed by atoms with Gasteiger partial charge in [-0.25, -0.2) is 4.98 Å². The van der Waals surface area contributed by atoms with Crippen molar-refractivity contribution < 1.29 is 0 Å². The first kappa shape index (κ1) is 13.8. The van der Waals surface area contributed by atoms with Crippen LogP contribution in [-0.4, -0.2) is 43.1 Å². The maximum Gasteiger partial charge on any atom is 0.185 e. The fraction of sp³-hybridized carbons (Fsp3) is 0.769. The van der Waals surface area contributed by atoms with E-state index in [0.717, 1.165) is 19.5 Å². The van der Waals surface area contributed by atoms with E-state index in [2.05, 4.69) is 30.8 Å². The minimum atomic E-state index is 0.617. The molecule has 0 bridgehead atoms. The Morgan fingerprint density at radius 2 is 2.28 bits per heavy atom. The van der Waals surface area contributed by atoms with Crippen molar-refractivity contribution in [3.63, 3.8) is 0 Å². The SMILES string of the molecule is CCc1nc(N2CCCC(N(C)C)C2)sc1CN. The normalized spacial score (nSPS) is 20.7. The van der Waals surface area contributed by atoms with E-state index in [1.165, 1.54) is 28.5 Å². The van der Waals surface area contributed by atoms with E-state index in [0.29, 0.717) is 12.6 Å². The lowest BCUT2D eigenvalue weighted by atomic mass is 10.1. The van der Waals surface area contributed by atoms with E-state index in [1.807, 2.05) is 0 Å². The zero-order valence-electron chi connectivity index (χ0n) is 11.6. The van der Waals surface area contributed by atoms with E-state index in [1.54, 1.807) is 11.3 Å². The Labute approximate surface area is 114 Å². The Hall–Kier alpha value is -0.650. The van der Waals surface area contributed by atoms with Crippen LogP contribution >= 0.6 is 11.3 Å². The number of thiazole rings is 1. The van der Waals surface area contributed by atoms with Gasteiger partial charge in [-0.15, -0.1) is 11.3 Å². The molecule has 1 fully saturated rings. The highest BCUT2D eigenvalue weighted by Crippen LogP contribution is 2.29. The van der Waals surface area contributed by atoms with E-state index < -0.39 is 0 Å². The van der Waals surface area contributed by atoms with E-state index in [4.69, 9.17) is 10.7 Å². The first-order chi connectivity index (χ1) is 8.65. The smallest absolute Gasteiger partial charge is 0.185 e. The molecule has 5 heteroatoms. The van der Waals surface area contributed by atoms with Crippen molar-refractivity contribution in [1.82, 2.24) is 9.88 Å². The van der Waals surface area contributed by atoms with Crippen molar-refractivity contribution in [3.05, 3.63) is 10.6 Å². The molecule has 0 radical (unpaired) electrons. The quantitative estimate of drug-likeness (QED) is 0.903. The van der Waals surface area contributed by atoms with Crippen LogP contribution in [0.5, 0.6) is 0 Å². The molecule has 2 N–H and O–H groups in total. The third-order valence-electron chi connectivity index (χ3n) is 3.68. The van der Waals surface area contributed by atoms with Crippen LogP contribution in [0.4, 0.5) is 5.13 Å². The van der Waals surface area contributed by atoms with Gasteiger partial charge in [0.25, 0.3) is 0 Å². The highest BCUT2D eigenvalue weighted by atomic mass is 32.1. The molecule has 0 aromatic carbocycles. The Bertz CT molecular complexity index is 367. The zero-order valence-corrected chi connectivity index (χ0v) is 12.5. The number of rotatable bonds is 4. The molecule has 0 spiro atoms. The lowest BCUT2D eigenvalue weighted by Gasteiger charge is -2.35. The topological polar surface area (TPSA) is 45.4 Å². The van der Waals surface area contributed by atoms with Gasteiger partial charge >= 0.3 is 0 Å². The van der Waals surface area contributed by atoms with Crippen molar-refractivity contribution >= 4 is 16.5 Å². The minimum absolute atomic E-state index is 0.617. The molecule has 2 heterocycles. The molecule has 0 saturated carbocycles. The van der Waals surface area contributed by atoms with Gasteiger partial charge in [0.1, 0.15) is 0 Å². The van der Waals surface area contributed by atoms with Crippen LogP contribution in [0.2, 0.25) is 0 Å². The second kappa shape index (κ2) is 5.99. The van der Waals surface area contributed by atoms with Gasteiger partial charge in [0, 0.05) is 30.6 Å². The summed E-state index contributed by atoms with van der Waals surface area (Å²) in [5.74, 6) is 0. The Morgan fingerprint density at radius 1 is 1.50 bits per heavy atom. The van der Waals surface area contributed by atoms with Crippen molar-refractivity contribution in [2.75, 3.05) is 32.1 Å². The number of nitrogens with two attached hydrogens (primary N) is 1. The summed E-state index contributed by atoms with van der Waals surface area (Å²) in [7, 11) is 4.33. The molecule has 0 amide bonds. The van der Waals surface area contributed by atoms with Crippen LogP contribution in [0.25, 0.3) is 0 Å². The van der Waals surface area contributed by atoms with Crippen molar-refractivity contribution in [2.24, 2.45) is 5.73 Å². The Morgan fingerprint density at radius 3 is 2.83 bits per heavy atom. The molecule has 1 aliphatic heterocycles. The summed E-state index contributed by atoms with van der Waals surface area (Å²) in [6, 6.07) is 0.647. The summed E-state index contributed by atoms with van der Waals surface area (Å²) in [4.78, 5) is 10.8. The summed E-state index contributed by atoms with van der Waals surface area (Å²) < 4.78 is 0. The van der Waals surface area contributed by atoms with Gasteiger partial charge < -0.3 is 15.5 Å². The molecule has 1 aliphatic rings. The first-order valence-corrected chi connectivity index (χ1v) is 7.57. The van der Waals surface area contributed by atoms with Gasteiger partial charge in [-0.3, -0.25) is 0 Å². The molecule has 0 aliphatic carbocycles. The van der Waals surface area contributed by atoms with Crippen LogP contribution in [0.3, 0.4) is 0 Å². The van der Waals surface area contributed by atoms with Gasteiger partial charge in [-0.2, -0.15) is 0 Å². The maximum absolute atomic E-state index is 5.79. The lowest BCUT2D eigenvalue weighted by molar-refractivity contribution is 0.258. The lowest BCUT2D eigenvalue weighted by Crippen LogP contribution is -2.45. The third-order valence-corrected chi connectivity index (χ3v) is 4.87. The van der Waals surface area contributed by atoms with Crippen LogP contribution in [0.15, 0.2) is 0 Å². The van der Waals surface area contributed by atoms with Crippen molar-refractivity contribution in [2.45, 2.75) is 38.8 Å². The zero-order chi connectivity index (χ0) is 13.1. The standard InChI is InChI=1S/C13H24N4S/c1-4-11-12(8-14)18-13(15-11)17-7-5-6-10(9-17)16(2)3/h10H,4-9,14H2,1-3H3. The highest BCUT2D eigenvalue weighted by molar-refractivity contribution is 7.15. The largest absolute Gasteiger partial charge is 0.347 e. The van der Waals surface area contributed by atoms with Gasteiger partial charge in [0.15, 0.2) is 5.13 Å².